The van der Waals surface area contributed by atoms with Gasteiger partial charge in [0.15, 0.2) is 0 Å². The molecule has 0 aliphatic carbocycles. The summed E-state index contributed by atoms with van der Waals surface area (Å²) in [6.45, 7) is 10.1. The summed E-state index contributed by atoms with van der Waals surface area (Å²) in [4.78, 5) is 0. The molecule has 0 aliphatic heterocycles. The summed E-state index contributed by atoms with van der Waals surface area (Å²) in [5.41, 5.74) is 4.92. The maximum absolute atomic E-state index is 5.46. The van der Waals surface area contributed by atoms with Gasteiger partial charge in [-0.2, -0.15) is 0 Å². The van der Waals surface area contributed by atoms with Crippen LogP contribution in [0.15, 0.2) is 12.6 Å². The molecule has 0 saturated carbocycles. The molecule has 0 unspecified atom stereocenters. The molecule has 0 radical (unpaired) electrons. The van der Waals surface area contributed by atoms with Gasteiger partial charge in [-0.3, -0.25) is 0 Å². The van der Waals surface area contributed by atoms with Crippen molar-refractivity contribution in [3.8, 4) is 5.75 Å². The Kier molecular flexibility index (Phi) is 2.93. The Morgan fingerprint density at radius 3 is 2.38 bits per heavy atom. The van der Waals surface area contributed by atoms with E-state index in [1.54, 1.807) is 0 Å². The Labute approximate surface area is 83.0 Å². The smallest absolute Gasteiger partial charge is 0.204 e. The van der Waals surface area contributed by atoms with Crippen molar-refractivity contribution in [3.05, 3.63) is 34.9 Å². The minimum atomic E-state index is 0.745. The predicted octanol–water partition coefficient (Wildman–Crippen LogP) is 1.91. The van der Waals surface area contributed by atoms with Crippen molar-refractivity contribution < 1.29 is 4.43 Å². The van der Waals surface area contributed by atoms with Gasteiger partial charge in [0, 0.05) is 0 Å². The predicted molar refractivity (Wildman–Crippen MR) is 61.3 cm³/mol. The zero-order valence-corrected chi connectivity index (χ0v) is 10.8. The summed E-state index contributed by atoms with van der Waals surface area (Å²) < 4.78 is 5.46. The lowest BCUT2D eigenvalue weighted by Gasteiger charge is -2.14. The largest absolute Gasteiger partial charge is 0.553 e. The second-order valence-electron chi connectivity index (χ2n) is 3.27. The van der Waals surface area contributed by atoms with Crippen molar-refractivity contribution in [3.63, 3.8) is 0 Å². The van der Waals surface area contributed by atoms with E-state index in [0.29, 0.717) is 0 Å². The molecule has 0 spiro atoms. The molecule has 0 aromatic heterocycles. The van der Waals surface area contributed by atoms with Gasteiger partial charge in [-0.05, 0) is 49.1 Å². The van der Waals surface area contributed by atoms with E-state index in [9.17, 15) is 0 Å². The number of rotatable bonds is 2. The van der Waals surface area contributed by atoms with E-state index in [2.05, 4.69) is 33.4 Å². The third kappa shape index (κ3) is 1.68. The first kappa shape index (κ1) is 10.1. The quantitative estimate of drug-likeness (QED) is 0.650. The summed E-state index contributed by atoms with van der Waals surface area (Å²) in [5, 5.41) is 0. The van der Waals surface area contributed by atoms with Crippen LogP contribution < -0.4 is 4.43 Å². The molecule has 0 heterocycles. The molecule has 13 heavy (non-hydrogen) atoms. The van der Waals surface area contributed by atoms with Crippen LogP contribution in [0, 0.1) is 20.8 Å². The van der Waals surface area contributed by atoms with Crippen LogP contribution in [-0.4, -0.2) is 10.5 Å². The van der Waals surface area contributed by atoms with E-state index >= 15 is 0 Å². The number of hydrogen-bond donors (Lipinski definition) is 0. The average Bonchev–Trinajstić information content (AvgIpc) is 2.12. The molecule has 0 saturated heterocycles. The second kappa shape index (κ2) is 3.79. The molecule has 1 rings (SSSR count). The molecule has 70 valence electrons. The SMILES string of the molecule is C=Cc1cc(C)c(O[SiH3])c(C)c1C. The van der Waals surface area contributed by atoms with Crippen molar-refractivity contribution in [1.82, 2.24) is 0 Å². The standard InChI is InChI=1S/C11H16OSi/c1-5-10-6-7(2)11(12-13)9(4)8(10)3/h5-6H,1H2,2-4,13H3. The van der Waals surface area contributed by atoms with Gasteiger partial charge in [-0.1, -0.05) is 12.7 Å². The van der Waals surface area contributed by atoms with Crippen LogP contribution in [0.5, 0.6) is 5.75 Å². The number of hydrogen-bond acceptors (Lipinski definition) is 1. The minimum absolute atomic E-state index is 0.745. The summed E-state index contributed by atoms with van der Waals surface area (Å²) in [5.74, 6) is 1.05. The van der Waals surface area contributed by atoms with Gasteiger partial charge >= 0.3 is 0 Å². The Morgan fingerprint density at radius 1 is 1.31 bits per heavy atom. The summed E-state index contributed by atoms with van der Waals surface area (Å²) >= 11 is 0. The molecule has 2 heteroatoms. The second-order valence-corrected chi connectivity index (χ2v) is 3.68. The fourth-order valence-corrected chi connectivity index (χ4v) is 2.24. The first-order valence-electron chi connectivity index (χ1n) is 4.39. The molecule has 1 aromatic rings. The minimum Gasteiger partial charge on any atom is -0.553 e. The van der Waals surface area contributed by atoms with Gasteiger partial charge in [0.1, 0.15) is 5.75 Å². The Morgan fingerprint density at radius 2 is 1.92 bits per heavy atom. The number of benzene rings is 1. The first-order valence-corrected chi connectivity index (χ1v) is 5.20. The third-order valence-electron chi connectivity index (χ3n) is 2.49. The molecule has 1 aromatic carbocycles. The first-order chi connectivity index (χ1) is 6.11. The zero-order chi connectivity index (χ0) is 10.0. The highest BCUT2D eigenvalue weighted by Gasteiger charge is 2.07. The van der Waals surface area contributed by atoms with Gasteiger partial charge in [0.2, 0.25) is 10.5 Å². The topological polar surface area (TPSA) is 9.23 Å². The molecular weight excluding hydrogens is 176 g/mol. The molecule has 0 N–H and O–H groups in total. The lowest BCUT2D eigenvalue weighted by molar-refractivity contribution is 0.603. The molecule has 1 nitrogen and oxygen atoms in total. The lowest BCUT2D eigenvalue weighted by atomic mass is 9.99. The van der Waals surface area contributed by atoms with Gasteiger partial charge < -0.3 is 4.43 Å². The van der Waals surface area contributed by atoms with E-state index < -0.39 is 0 Å². The van der Waals surface area contributed by atoms with Gasteiger partial charge in [0.25, 0.3) is 0 Å². The van der Waals surface area contributed by atoms with Crippen molar-refractivity contribution in [2.75, 3.05) is 0 Å². The lowest BCUT2D eigenvalue weighted by Crippen LogP contribution is -1.96. The van der Waals surface area contributed by atoms with E-state index in [1.165, 1.54) is 22.3 Å². The van der Waals surface area contributed by atoms with Crippen LogP contribution in [0.1, 0.15) is 22.3 Å². The van der Waals surface area contributed by atoms with Crippen molar-refractivity contribution in [1.29, 1.82) is 0 Å². The Bertz CT molecular complexity index is 342. The van der Waals surface area contributed by atoms with E-state index in [1.807, 2.05) is 6.08 Å². The van der Waals surface area contributed by atoms with E-state index in [0.717, 1.165) is 16.2 Å². The highest BCUT2D eigenvalue weighted by Crippen LogP contribution is 2.28. The van der Waals surface area contributed by atoms with Crippen molar-refractivity contribution >= 4 is 16.6 Å². The highest BCUT2D eigenvalue weighted by atomic mass is 28.2. The van der Waals surface area contributed by atoms with Crippen LogP contribution in [0.4, 0.5) is 0 Å². The van der Waals surface area contributed by atoms with Crippen molar-refractivity contribution in [2.45, 2.75) is 20.8 Å². The molecule has 0 amide bonds. The fourth-order valence-electron chi connectivity index (χ4n) is 1.62. The molecule has 0 atom stereocenters. The Balaban J connectivity index is 3.45. The van der Waals surface area contributed by atoms with Crippen LogP contribution in [-0.2, 0) is 0 Å². The Hall–Kier alpha value is -1.02. The number of aryl methyl sites for hydroxylation is 1. The van der Waals surface area contributed by atoms with Crippen LogP contribution >= 0.6 is 0 Å². The van der Waals surface area contributed by atoms with Crippen LogP contribution in [0.2, 0.25) is 0 Å². The highest BCUT2D eigenvalue weighted by molar-refractivity contribution is 6.00. The molecular formula is C11H16OSi. The van der Waals surface area contributed by atoms with Crippen LogP contribution in [0.3, 0.4) is 0 Å². The zero-order valence-electron chi connectivity index (χ0n) is 8.77. The van der Waals surface area contributed by atoms with E-state index in [-0.39, 0.29) is 0 Å². The van der Waals surface area contributed by atoms with Crippen molar-refractivity contribution in [2.24, 2.45) is 0 Å². The fraction of sp³-hybridized carbons (Fsp3) is 0.273. The normalized spacial score (nSPS) is 10.1. The summed E-state index contributed by atoms with van der Waals surface area (Å²) in [7, 11) is 0.745. The third-order valence-corrected chi connectivity index (χ3v) is 2.90. The van der Waals surface area contributed by atoms with Gasteiger partial charge in [-0.15, -0.1) is 0 Å². The molecule has 0 bridgehead atoms. The van der Waals surface area contributed by atoms with Gasteiger partial charge in [-0.25, -0.2) is 0 Å². The van der Waals surface area contributed by atoms with E-state index in [4.69, 9.17) is 4.43 Å². The average molecular weight is 192 g/mol. The summed E-state index contributed by atoms with van der Waals surface area (Å²) in [6, 6.07) is 2.13. The maximum atomic E-state index is 5.46. The molecule has 0 fully saturated rings. The van der Waals surface area contributed by atoms with Crippen LogP contribution in [0.25, 0.3) is 6.08 Å². The maximum Gasteiger partial charge on any atom is 0.204 e. The monoisotopic (exact) mass is 192 g/mol. The van der Waals surface area contributed by atoms with Gasteiger partial charge in [0.05, 0.1) is 0 Å². The molecule has 0 aliphatic rings. The summed E-state index contributed by atoms with van der Waals surface area (Å²) in [6.07, 6.45) is 1.90.